The monoisotopic (exact) mass is 418 g/mol. The molecule has 0 aliphatic heterocycles. The molecule has 2 heterocycles. The number of aromatic nitrogens is 2. The maximum absolute atomic E-state index is 12.7. The Morgan fingerprint density at radius 2 is 1.93 bits per heavy atom. The fraction of sp³-hybridized carbons (Fsp3) is 0.350. The van der Waals surface area contributed by atoms with E-state index in [0.29, 0.717) is 9.90 Å². The molecule has 28 heavy (non-hydrogen) atoms. The molecule has 0 bridgehead atoms. The van der Waals surface area contributed by atoms with Crippen molar-refractivity contribution in [1.29, 1.82) is 0 Å². The number of fused-ring (bicyclic) bond motifs is 1. The van der Waals surface area contributed by atoms with E-state index in [4.69, 9.17) is 11.6 Å². The van der Waals surface area contributed by atoms with Crippen LogP contribution in [0.1, 0.15) is 43.1 Å². The summed E-state index contributed by atoms with van der Waals surface area (Å²) in [4.78, 5) is 26.3. The number of halogens is 1. The Kier molecular flexibility index (Phi) is 5.50. The summed E-state index contributed by atoms with van der Waals surface area (Å²) in [6.07, 6.45) is 0. The summed E-state index contributed by atoms with van der Waals surface area (Å²) in [5, 5.41) is 11.7. The minimum absolute atomic E-state index is 0.222. The number of para-hydroxylation sites is 1. The number of hydrogen-bond acceptors (Lipinski definition) is 4. The molecule has 3 aromatic rings. The van der Waals surface area contributed by atoms with Crippen molar-refractivity contribution in [2.24, 2.45) is 0 Å². The zero-order valence-electron chi connectivity index (χ0n) is 16.5. The van der Waals surface area contributed by atoms with Crippen LogP contribution in [0.15, 0.2) is 30.3 Å². The second kappa shape index (κ2) is 7.56. The van der Waals surface area contributed by atoms with E-state index < -0.39 is 6.04 Å². The molecule has 0 spiro atoms. The Labute approximate surface area is 172 Å². The lowest BCUT2D eigenvalue weighted by atomic mass is 10.1. The molecule has 0 saturated heterocycles. The number of carbonyl (C=O) groups is 2. The van der Waals surface area contributed by atoms with E-state index in [1.54, 1.807) is 23.7 Å². The minimum Gasteiger partial charge on any atom is -0.350 e. The van der Waals surface area contributed by atoms with E-state index in [-0.39, 0.29) is 17.4 Å². The van der Waals surface area contributed by atoms with Crippen LogP contribution < -0.4 is 10.6 Å². The third kappa shape index (κ3) is 4.20. The van der Waals surface area contributed by atoms with Gasteiger partial charge < -0.3 is 10.6 Å². The molecule has 0 aliphatic rings. The zero-order chi connectivity index (χ0) is 20.6. The first-order valence-electron chi connectivity index (χ1n) is 8.94. The smallest absolute Gasteiger partial charge is 0.262 e. The maximum Gasteiger partial charge on any atom is 0.262 e. The molecule has 148 valence electrons. The van der Waals surface area contributed by atoms with E-state index in [9.17, 15) is 9.59 Å². The van der Waals surface area contributed by atoms with E-state index >= 15 is 0 Å². The zero-order valence-corrected chi connectivity index (χ0v) is 18.0. The van der Waals surface area contributed by atoms with E-state index in [1.807, 2.05) is 45.9 Å². The van der Waals surface area contributed by atoms with Gasteiger partial charge in [-0.05, 0) is 52.8 Å². The lowest BCUT2D eigenvalue weighted by Gasteiger charge is -2.23. The highest BCUT2D eigenvalue weighted by Crippen LogP contribution is 2.32. The van der Waals surface area contributed by atoms with Gasteiger partial charge in [-0.15, -0.1) is 11.3 Å². The fourth-order valence-corrected chi connectivity index (χ4v) is 4.05. The summed E-state index contributed by atoms with van der Waals surface area (Å²) in [7, 11) is 0. The number of aryl methyl sites for hydroxylation is 1. The highest BCUT2D eigenvalue weighted by Gasteiger charge is 2.23. The van der Waals surface area contributed by atoms with E-state index in [0.717, 1.165) is 21.6 Å². The van der Waals surface area contributed by atoms with Crippen LogP contribution in [0.3, 0.4) is 0 Å². The third-order valence-electron chi connectivity index (χ3n) is 4.09. The Balaban J connectivity index is 1.87. The number of nitrogens with one attached hydrogen (secondary N) is 2. The van der Waals surface area contributed by atoms with Gasteiger partial charge in [0.15, 0.2) is 0 Å². The first-order valence-corrected chi connectivity index (χ1v) is 10.1. The lowest BCUT2D eigenvalue weighted by Crippen LogP contribution is -2.50. The highest BCUT2D eigenvalue weighted by atomic mass is 35.5. The Morgan fingerprint density at radius 3 is 2.57 bits per heavy atom. The summed E-state index contributed by atoms with van der Waals surface area (Å²) in [5.74, 6) is -0.511. The fourth-order valence-electron chi connectivity index (χ4n) is 2.76. The van der Waals surface area contributed by atoms with Gasteiger partial charge in [-0.2, -0.15) is 5.10 Å². The van der Waals surface area contributed by atoms with E-state index in [1.165, 1.54) is 11.3 Å². The predicted octanol–water partition coefficient (Wildman–Crippen LogP) is 4.08. The number of amides is 2. The average Bonchev–Trinajstić information content (AvgIpc) is 3.15. The Bertz CT molecular complexity index is 1050. The first-order chi connectivity index (χ1) is 13.1. The van der Waals surface area contributed by atoms with Crippen molar-refractivity contribution in [2.45, 2.75) is 46.2 Å². The molecular weight excluding hydrogens is 396 g/mol. The van der Waals surface area contributed by atoms with Gasteiger partial charge in [0.1, 0.15) is 10.9 Å². The van der Waals surface area contributed by atoms with Gasteiger partial charge in [0.05, 0.1) is 21.3 Å². The van der Waals surface area contributed by atoms with Crippen LogP contribution in [0.5, 0.6) is 0 Å². The molecule has 1 unspecified atom stereocenters. The molecule has 0 saturated carbocycles. The number of nitrogens with zero attached hydrogens (tertiary/aromatic N) is 2. The number of thiophene rings is 1. The average molecular weight is 419 g/mol. The molecule has 2 N–H and O–H groups in total. The summed E-state index contributed by atoms with van der Waals surface area (Å²) in [6.45, 7) is 9.25. The van der Waals surface area contributed by atoms with Gasteiger partial charge in [0.2, 0.25) is 5.91 Å². The van der Waals surface area contributed by atoms with Gasteiger partial charge in [0, 0.05) is 10.9 Å². The standard InChI is InChI=1S/C20H23ClN4O2S/c1-11-13-10-16(18(27)22-12(2)17(26)23-20(3,4)5)28-19(13)25(24-11)15-9-7-6-8-14(15)21/h6-10,12H,1-5H3,(H,22,27)(H,23,26). The maximum atomic E-state index is 12.7. The molecular formula is C20H23ClN4O2S. The van der Waals surface area contributed by atoms with Crippen LogP contribution in [-0.4, -0.2) is 33.2 Å². The molecule has 0 aliphatic carbocycles. The lowest BCUT2D eigenvalue weighted by molar-refractivity contribution is -0.124. The summed E-state index contributed by atoms with van der Waals surface area (Å²) in [6, 6.07) is 8.60. The van der Waals surface area contributed by atoms with Crippen LogP contribution in [0.4, 0.5) is 0 Å². The second-order valence-corrected chi connectivity index (χ2v) is 9.15. The van der Waals surface area contributed by atoms with Gasteiger partial charge in [0.25, 0.3) is 5.91 Å². The van der Waals surface area contributed by atoms with Crippen LogP contribution in [0.25, 0.3) is 15.9 Å². The molecule has 1 atom stereocenters. The van der Waals surface area contributed by atoms with E-state index in [2.05, 4.69) is 15.7 Å². The van der Waals surface area contributed by atoms with Crippen LogP contribution in [0, 0.1) is 6.92 Å². The van der Waals surface area contributed by atoms with Crippen molar-refractivity contribution >= 4 is 45.0 Å². The molecule has 0 radical (unpaired) electrons. The number of benzene rings is 1. The minimum atomic E-state index is -0.641. The topological polar surface area (TPSA) is 76.0 Å². The van der Waals surface area contributed by atoms with Gasteiger partial charge in [-0.1, -0.05) is 23.7 Å². The molecule has 2 amide bonds. The van der Waals surface area contributed by atoms with Crippen LogP contribution in [0.2, 0.25) is 5.02 Å². The Morgan fingerprint density at radius 1 is 1.25 bits per heavy atom. The summed E-state index contributed by atoms with van der Waals surface area (Å²) < 4.78 is 1.75. The predicted molar refractivity (Wildman–Crippen MR) is 114 cm³/mol. The third-order valence-corrected chi connectivity index (χ3v) is 5.52. The molecule has 8 heteroatoms. The van der Waals surface area contributed by atoms with Crippen molar-refractivity contribution in [2.75, 3.05) is 0 Å². The van der Waals surface area contributed by atoms with Crippen LogP contribution in [-0.2, 0) is 4.79 Å². The largest absolute Gasteiger partial charge is 0.350 e. The van der Waals surface area contributed by atoms with Crippen molar-refractivity contribution in [3.63, 3.8) is 0 Å². The SMILES string of the molecule is Cc1nn(-c2ccccc2Cl)c2sc(C(=O)NC(C)C(=O)NC(C)(C)C)cc12. The molecule has 2 aromatic heterocycles. The van der Waals surface area contributed by atoms with Crippen molar-refractivity contribution in [3.8, 4) is 5.69 Å². The number of hydrogen-bond donors (Lipinski definition) is 2. The van der Waals surface area contributed by atoms with Crippen molar-refractivity contribution in [1.82, 2.24) is 20.4 Å². The first kappa shape index (κ1) is 20.4. The van der Waals surface area contributed by atoms with Gasteiger partial charge >= 0.3 is 0 Å². The number of rotatable bonds is 4. The van der Waals surface area contributed by atoms with Crippen molar-refractivity contribution in [3.05, 3.63) is 45.9 Å². The Hall–Kier alpha value is -2.38. The summed E-state index contributed by atoms with van der Waals surface area (Å²) in [5.41, 5.74) is 1.21. The van der Waals surface area contributed by atoms with Crippen molar-refractivity contribution < 1.29 is 9.59 Å². The van der Waals surface area contributed by atoms with Gasteiger partial charge in [-0.25, -0.2) is 4.68 Å². The van der Waals surface area contributed by atoms with Crippen LogP contribution >= 0.6 is 22.9 Å². The molecule has 6 nitrogen and oxygen atoms in total. The molecule has 3 rings (SSSR count). The quantitative estimate of drug-likeness (QED) is 0.670. The highest BCUT2D eigenvalue weighted by molar-refractivity contribution is 7.20. The summed E-state index contributed by atoms with van der Waals surface area (Å²) >= 11 is 7.64. The molecule has 1 aromatic carbocycles. The van der Waals surface area contributed by atoms with Gasteiger partial charge in [-0.3, -0.25) is 9.59 Å². The molecule has 0 fully saturated rings. The second-order valence-electron chi connectivity index (χ2n) is 7.71. The normalized spacial score (nSPS) is 12.8. The number of carbonyl (C=O) groups excluding carboxylic acids is 2.